The maximum atomic E-state index is 12.9. The number of fused-ring (bicyclic) bond motifs is 1. The Morgan fingerprint density at radius 3 is 2.82 bits per heavy atom. The Kier molecular flexibility index (Phi) is 3.64. The highest BCUT2D eigenvalue weighted by Gasteiger charge is 2.34. The summed E-state index contributed by atoms with van der Waals surface area (Å²) in [7, 11) is 0. The van der Waals surface area contributed by atoms with Crippen LogP contribution in [-0.4, -0.2) is 15.7 Å². The van der Waals surface area contributed by atoms with E-state index in [0.717, 1.165) is 11.8 Å². The first kappa shape index (κ1) is 14.6. The van der Waals surface area contributed by atoms with E-state index in [1.165, 1.54) is 18.2 Å². The largest absolute Gasteiger partial charge is 0.418 e. The van der Waals surface area contributed by atoms with Gasteiger partial charge in [-0.25, -0.2) is 0 Å². The lowest BCUT2D eigenvalue weighted by Crippen LogP contribution is -2.32. The van der Waals surface area contributed by atoms with Gasteiger partial charge < -0.3 is 5.32 Å². The van der Waals surface area contributed by atoms with Gasteiger partial charge in [0.1, 0.15) is 0 Å². The van der Waals surface area contributed by atoms with Crippen molar-refractivity contribution in [3.05, 3.63) is 47.8 Å². The van der Waals surface area contributed by atoms with Gasteiger partial charge in [-0.2, -0.15) is 18.3 Å². The summed E-state index contributed by atoms with van der Waals surface area (Å²) in [6.07, 6.45) is -1.54. The Hall–Kier alpha value is -2.31. The molecule has 0 bridgehead atoms. The van der Waals surface area contributed by atoms with Crippen LogP contribution in [0.15, 0.2) is 36.5 Å². The van der Waals surface area contributed by atoms with Crippen molar-refractivity contribution >= 4 is 11.6 Å². The van der Waals surface area contributed by atoms with Gasteiger partial charge in [-0.3, -0.25) is 9.48 Å². The predicted molar refractivity (Wildman–Crippen MR) is 74.1 cm³/mol. The molecule has 7 heteroatoms. The monoisotopic (exact) mass is 309 g/mol. The van der Waals surface area contributed by atoms with Crippen molar-refractivity contribution in [3.8, 4) is 0 Å². The number of hydrogen-bond acceptors (Lipinski definition) is 2. The average Bonchev–Trinajstić information content (AvgIpc) is 2.94. The normalized spacial score (nSPS) is 17.9. The Balaban J connectivity index is 1.76. The quantitative estimate of drug-likeness (QED) is 0.926. The van der Waals surface area contributed by atoms with Gasteiger partial charge >= 0.3 is 6.18 Å². The number of aromatic nitrogens is 2. The molecule has 1 aliphatic rings. The fraction of sp³-hybridized carbons (Fsp3) is 0.333. The summed E-state index contributed by atoms with van der Waals surface area (Å²) < 4.78 is 40.5. The molecule has 2 aromatic rings. The Morgan fingerprint density at radius 1 is 1.27 bits per heavy atom. The number of nitrogens with one attached hydrogen (secondary N) is 1. The second-order valence-electron chi connectivity index (χ2n) is 5.27. The number of anilines is 1. The summed E-state index contributed by atoms with van der Waals surface area (Å²) >= 11 is 0. The highest BCUT2D eigenvalue weighted by Crippen LogP contribution is 2.35. The van der Waals surface area contributed by atoms with Crippen molar-refractivity contribution in [1.82, 2.24) is 9.78 Å². The third-order valence-corrected chi connectivity index (χ3v) is 3.81. The molecule has 1 aromatic carbocycles. The molecule has 1 atom stereocenters. The van der Waals surface area contributed by atoms with Crippen molar-refractivity contribution in [2.24, 2.45) is 5.92 Å². The van der Waals surface area contributed by atoms with Gasteiger partial charge in [0, 0.05) is 11.9 Å². The first-order chi connectivity index (χ1) is 10.4. The number of halogens is 3. The summed E-state index contributed by atoms with van der Waals surface area (Å²) in [5, 5.41) is 6.52. The molecule has 0 radical (unpaired) electrons. The molecule has 1 aromatic heterocycles. The van der Waals surface area contributed by atoms with Crippen molar-refractivity contribution < 1.29 is 18.0 Å². The SMILES string of the molecule is O=C(Nc1ccccc1C(F)(F)F)C1CCc2ccnn2C1. The van der Waals surface area contributed by atoms with E-state index in [4.69, 9.17) is 0 Å². The summed E-state index contributed by atoms with van der Waals surface area (Å²) in [4.78, 5) is 12.3. The van der Waals surface area contributed by atoms with Gasteiger partial charge in [-0.05, 0) is 31.0 Å². The molecule has 0 aliphatic carbocycles. The van der Waals surface area contributed by atoms with Crippen LogP contribution in [0.2, 0.25) is 0 Å². The lowest BCUT2D eigenvalue weighted by atomic mass is 9.97. The molecule has 1 aliphatic heterocycles. The fourth-order valence-electron chi connectivity index (χ4n) is 2.65. The van der Waals surface area contributed by atoms with Crippen LogP contribution in [0.1, 0.15) is 17.7 Å². The van der Waals surface area contributed by atoms with Gasteiger partial charge in [0.05, 0.1) is 23.7 Å². The van der Waals surface area contributed by atoms with Crippen LogP contribution in [0.4, 0.5) is 18.9 Å². The Morgan fingerprint density at radius 2 is 2.05 bits per heavy atom. The topological polar surface area (TPSA) is 46.9 Å². The first-order valence-electron chi connectivity index (χ1n) is 6.93. The maximum absolute atomic E-state index is 12.9. The third-order valence-electron chi connectivity index (χ3n) is 3.81. The molecule has 1 amide bonds. The number of aryl methyl sites for hydroxylation is 1. The van der Waals surface area contributed by atoms with Crippen molar-refractivity contribution in [2.45, 2.75) is 25.6 Å². The number of amides is 1. The molecule has 2 heterocycles. The second kappa shape index (κ2) is 5.47. The molecule has 0 fully saturated rings. The van der Waals surface area contributed by atoms with E-state index in [0.29, 0.717) is 19.4 Å². The minimum atomic E-state index is -4.49. The zero-order chi connectivity index (χ0) is 15.7. The fourth-order valence-corrected chi connectivity index (χ4v) is 2.65. The van der Waals surface area contributed by atoms with E-state index < -0.39 is 17.6 Å². The molecule has 3 rings (SSSR count). The van der Waals surface area contributed by atoms with Crippen LogP contribution in [0.25, 0.3) is 0 Å². The standard InChI is InChI=1S/C15H14F3N3O/c16-15(17,18)12-3-1-2-4-13(12)20-14(22)10-5-6-11-7-8-19-21(11)9-10/h1-4,7-8,10H,5-6,9H2,(H,20,22). The number of nitrogens with zero attached hydrogens (tertiary/aromatic N) is 2. The number of alkyl halides is 3. The minimum absolute atomic E-state index is 0.203. The van der Waals surface area contributed by atoms with Crippen LogP contribution < -0.4 is 5.32 Å². The van der Waals surface area contributed by atoms with E-state index in [1.54, 1.807) is 10.9 Å². The molecular weight excluding hydrogens is 295 g/mol. The van der Waals surface area contributed by atoms with Crippen molar-refractivity contribution in [3.63, 3.8) is 0 Å². The van der Waals surface area contributed by atoms with Crippen LogP contribution in [0, 0.1) is 5.92 Å². The minimum Gasteiger partial charge on any atom is -0.325 e. The number of para-hydroxylation sites is 1. The van der Waals surface area contributed by atoms with E-state index in [9.17, 15) is 18.0 Å². The van der Waals surface area contributed by atoms with Crippen LogP contribution in [-0.2, 0) is 23.9 Å². The van der Waals surface area contributed by atoms with Gasteiger partial charge in [0.15, 0.2) is 0 Å². The third kappa shape index (κ3) is 2.84. The molecule has 1 unspecified atom stereocenters. The van der Waals surface area contributed by atoms with Crippen molar-refractivity contribution in [2.75, 3.05) is 5.32 Å². The molecule has 0 spiro atoms. The Labute approximate surface area is 124 Å². The van der Waals surface area contributed by atoms with Gasteiger partial charge in [-0.1, -0.05) is 12.1 Å². The Bertz CT molecular complexity index is 693. The molecular formula is C15H14F3N3O. The summed E-state index contributed by atoms with van der Waals surface area (Å²) in [6.45, 7) is 0.391. The summed E-state index contributed by atoms with van der Waals surface area (Å²) in [5.41, 5.74) is 0.00458. The van der Waals surface area contributed by atoms with Gasteiger partial charge in [0.2, 0.25) is 5.91 Å². The molecule has 0 saturated heterocycles. The molecule has 4 nitrogen and oxygen atoms in total. The molecule has 22 heavy (non-hydrogen) atoms. The van der Waals surface area contributed by atoms with Gasteiger partial charge in [0.25, 0.3) is 0 Å². The smallest absolute Gasteiger partial charge is 0.325 e. The lowest BCUT2D eigenvalue weighted by Gasteiger charge is -2.23. The summed E-state index contributed by atoms with van der Waals surface area (Å²) in [5.74, 6) is -0.786. The zero-order valence-electron chi connectivity index (χ0n) is 11.6. The zero-order valence-corrected chi connectivity index (χ0v) is 11.6. The number of hydrogen-bond donors (Lipinski definition) is 1. The molecule has 1 N–H and O–H groups in total. The average molecular weight is 309 g/mol. The van der Waals surface area contributed by atoms with Crippen molar-refractivity contribution in [1.29, 1.82) is 0 Å². The van der Waals surface area contributed by atoms with E-state index >= 15 is 0 Å². The van der Waals surface area contributed by atoms with Crippen LogP contribution in [0.3, 0.4) is 0 Å². The first-order valence-corrected chi connectivity index (χ1v) is 6.93. The number of rotatable bonds is 2. The van der Waals surface area contributed by atoms with Crippen LogP contribution in [0.5, 0.6) is 0 Å². The molecule has 116 valence electrons. The van der Waals surface area contributed by atoms with E-state index in [2.05, 4.69) is 10.4 Å². The second-order valence-corrected chi connectivity index (χ2v) is 5.27. The summed E-state index contributed by atoms with van der Waals surface area (Å²) in [6, 6.07) is 6.88. The predicted octanol–water partition coefficient (Wildman–Crippen LogP) is 3.10. The number of carbonyl (C=O) groups is 1. The molecule has 0 saturated carbocycles. The van der Waals surface area contributed by atoms with E-state index in [1.807, 2.05) is 6.07 Å². The highest BCUT2D eigenvalue weighted by atomic mass is 19.4. The lowest BCUT2D eigenvalue weighted by molar-refractivity contribution is -0.137. The highest BCUT2D eigenvalue weighted by molar-refractivity contribution is 5.93. The van der Waals surface area contributed by atoms with Crippen LogP contribution >= 0.6 is 0 Å². The van der Waals surface area contributed by atoms with E-state index in [-0.39, 0.29) is 11.6 Å². The number of carbonyl (C=O) groups excluding carboxylic acids is 1. The van der Waals surface area contributed by atoms with Gasteiger partial charge in [-0.15, -0.1) is 0 Å². The maximum Gasteiger partial charge on any atom is 0.418 e. The number of benzene rings is 1.